The van der Waals surface area contributed by atoms with Gasteiger partial charge in [-0.25, -0.2) is 4.98 Å². The zero-order valence-corrected chi connectivity index (χ0v) is 20.1. The lowest BCUT2D eigenvalue weighted by molar-refractivity contribution is 0.112. The summed E-state index contributed by atoms with van der Waals surface area (Å²) in [5.74, 6) is 0.790. The third-order valence-electron chi connectivity index (χ3n) is 3.64. The van der Waals surface area contributed by atoms with Gasteiger partial charge in [-0.15, -0.1) is 11.3 Å². The van der Waals surface area contributed by atoms with Crippen molar-refractivity contribution in [2.24, 2.45) is 0 Å². The van der Waals surface area contributed by atoms with Crippen LogP contribution in [0.5, 0.6) is 5.75 Å². The lowest BCUT2D eigenvalue weighted by Crippen LogP contribution is -2.25. The highest BCUT2D eigenvalue weighted by Crippen LogP contribution is 2.29. The standard InChI is InChI=1S/C12H11NO2S.C6H15N.C2H7N.C2H6/c1-8-11(7-14)16-12(13-8)9-4-3-5-10(6-9)15-2;1-5-7(4)6(2)3;1-3-2;1-2/h3-7H,1-2H3;6H,5H2,1-4H3;3H,1-2H3;1-2H3. The smallest absolute Gasteiger partial charge is 0.161 e. The van der Waals surface area contributed by atoms with Crippen molar-refractivity contribution in [3.63, 3.8) is 0 Å². The molecule has 160 valence electrons. The number of hydrogen-bond acceptors (Lipinski definition) is 6. The lowest BCUT2D eigenvalue weighted by atomic mass is 10.2. The Morgan fingerprint density at radius 2 is 1.86 bits per heavy atom. The summed E-state index contributed by atoms with van der Waals surface area (Å²) in [7, 11) is 7.51. The third kappa shape index (κ3) is 11.2. The molecule has 1 aromatic carbocycles. The predicted octanol–water partition coefficient (Wildman–Crippen LogP) is 5.15. The van der Waals surface area contributed by atoms with Gasteiger partial charge in [-0.3, -0.25) is 4.79 Å². The number of ether oxygens (including phenoxy) is 1. The molecule has 0 radical (unpaired) electrons. The molecule has 2 aromatic rings. The van der Waals surface area contributed by atoms with Crippen molar-refractivity contribution in [1.29, 1.82) is 0 Å². The zero-order valence-electron chi connectivity index (χ0n) is 19.3. The summed E-state index contributed by atoms with van der Waals surface area (Å²) in [6.07, 6.45) is 0.844. The second-order valence-corrected chi connectivity index (χ2v) is 7.02. The summed E-state index contributed by atoms with van der Waals surface area (Å²) in [6, 6.07) is 8.35. The largest absolute Gasteiger partial charge is 0.497 e. The molecule has 0 spiro atoms. The first-order valence-electron chi connectivity index (χ1n) is 9.70. The molecule has 1 heterocycles. The molecule has 0 fully saturated rings. The van der Waals surface area contributed by atoms with Gasteiger partial charge in [0.05, 0.1) is 17.7 Å². The number of thiazole rings is 1. The highest BCUT2D eigenvalue weighted by molar-refractivity contribution is 7.16. The normalized spacial score (nSPS) is 9.43. The average Bonchev–Trinajstić information content (AvgIpc) is 3.10. The lowest BCUT2D eigenvalue weighted by Gasteiger charge is -2.17. The summed E-state index contributed by atoms with van der Waals surface area (Å²) in [5, 5.41) is 3.60. The first-order chi connectivity index (χ1) is 13.3. The number of aldehydes is 1. The number of nitrogens with zero attached hydrogens (tertiary/aromatic N) is 2. The number of benzene rings is 1. The number of carbonyl (C=O) groups is 1. The van der Waals surface area contributed by atoms with Crippen LogP contribution in [0.25, 0.3) is 10.6 Å². The van der Waals surface area contributed by atoms with Gasteiger partial charge in [-0.05, 0) is 60.6 Å². The second-order valence-electron chi connectivity index (χ2n) is 5.99. The molecule has 0 saturated heterocycles. The summed E-state index contributed by atoms with van der Waals surface area (Å²) in [5.41, 5.74) is 1.75. The van der Waals surface area contributed by atoms with Gasteiger partial charge < -0.3 is 15.0 Å². The van der Waals surface area contributed by atoms with E-state index in [0.717, 1.165) is 34.8 Å². The van der Waals surface area contributed by atoms with Gasteiger partial charge in [0.1, 0.15) is 10.8 Å². The molecule has 0 aliphatic rings. The number of rotatable bonds is 5. The van der Waals surface area contributed by atoms with Crippen LogP contribution in [-0.2, 0) is 0 Å². The van der Waals surface area contributed by atoms with Gasteiger partial charge in [-0.1, -0.05) is 32.9 Å². The van der Waals surface area contributed by atoms with Crippen molar-refractivity contribution < 1.29 is 9.53 Å². The number of nitrogens with one attached hydrogen (secondary N) is 1. The Hall–Kier alpha value is -1.76. The van der Waals surface area contributed by atoms with E-state index >= 15 is 0 Å². The average molecular weight is 410 g/mol. The van der Waals surface area contributed by atoms with Gasteiger partial charge in [-0.2, -0.15) is 0 Å². The minimum absolute atomic E-state index is 0.679. The molecule has 0 unspecified atom stereocenters. The number of aryl methyl sites for hydroxylation is 1. The number of methoxy groups -OCH3 is 1. The number of carbonyl (C=O) groups excluding carboxylic acids is 1. The van der Waals surface area contributed by atoms with E-state index in [2.05, 4.69) is 43.0 Å². The molecule has 6 heteroatoms. The Bertz CT molecular complexity index is 642. The Morgan fingerprint density at radius 1 is 1.29 bits per heavy atom. The van der Waals surface area contributed by atoms with E-state index in [9.17, 15) is 4.79 Å². The van der Waals surface area contributed by atoms with Gasteiger partial charge >= 0.3 is 0 Å². The van der Waals surface area contributed by atoms with E-state index in [4.69, 9.17) is 4.74 Å². The number of aromatic nitrogens is 1. The Morgan fingerprint density at radius 3 is 2.21 bits per heavy atom. The topological polar surface area (TPSA) is 54.5 Å². The minimum Gasteiger partial charge on any atom is -0.497 e. The molecule has 0 atom stereocenters. The van der Waals surface area contributed by atoms with Crippen LogP contribution < -0.4 is 10.1 Å². The summed E-state index contributed by atoms with van der Waals surface area (Å²) in [4.78, 5) is 18.1. The maximum absolute atomic E-state index is 10.7. The maximum Gasteiger partial charge on any atom is 0.161 e. The van der Waals surface area contributed by atoms with E-state index in [1.807, 2.05) is 59.1 Å². The quantitative estimate of drug-likeness (QED) is 0.692. The van der Waals surface area contributed by atoms with Gasteiger partial charge in [0.2, 0.25) is 0 Å². The van der Waals surface area contributed by atoms with Crippen LogP contribution in [0.3, 0.4) is 0 Å². The second kappa shape index (κ2) is 17.3. The van der Waals surface area contributed by atoms with Crippen LogP contribution in [0.2, 0.25) is 0 Å². The molecule has 0 aliphatic heterocycles. The molecule has 0 aliphatic carbocycles. The van der Waals surface area contributed by atoms with E-state index < -0.39 is 0 Å². The fourth-order valence-electron chi connectivity index (χ4n) is 1.76. The monoisotopic (exact) mass is 409 g/mol. The van der Waals surface area contributed by atoms with Crippen molar-refractivity contribution in [2.45, 2.75) is 47.6 Å². The van der Waals surface area contributed by atoms with Gasteiger partial charge in [0, 0.05) is 11.6 Å². The molecule has 28 heavy (non-hydrogen) atoms. The first kappa shape index (κ1) is 28.4. The predicted molar refractivity (Wildman–Crippen MR) is 124 cm³/mol. The minimum atomic E-state index is 0.679. The SMILES string of the molecule is CC.CCN(C)C(C)C.CNC.COc1cccc(-c2nc(C)c(C=O)s2)c1. The maximum atomic E-state index is 10.7. The van der Waals surface area contributed by atoms with Crippen molar-refractivity contribution >= 4 is 17.6 Å². The summed E-state index contributed by atoms with van der Waals surface area (Å²) < 4.78 is 5.15. The number of hydrogen-bond donors (Lipinski definition) is 1. The first-order valence-corrected chi connectivity index (χ1v) is 10.5. The van der Waals surface area contributed by atoms with Crippen LogP contribution in [0.15, 0.2) is 24.3 Å². The highest BCUT2D eigenvalue weighted by Gasteiger charge is 2.08. The van der Waals surface area contributed by atoms with Gasteiger partial charge in [0.15, 0.2) is 6.29 Å². The molecular formula is C22H39N3O2S. The van der Waals surface area contributed by atoms with Crippen LogP contribution in [0.1, 0.15) is 50.0 Å². The van der Waals surface area contributed by atoms with Crippen molar-refractivity contribution in [3.8, 4) is 16.3 Å². The molecule has 2 rings (SSSR count). The van der Waals surface area contributed by atoms with Crippen LogP contribution >= 0.6 is 11.3 Å². The highest BCUT2D eigenvalue weighted by atomic mass is 32.1. The van der Waals surface area contributed by atoms with Crippen LogP contribution in [-0.4, -0.2) is 57.0 Å². The zero-order chi connectivity index (χ0) is 22.1. The Labute approximate surface area is 176 Å². The fraction of sp³-hybridized carbons (Fsp3) is 0.545. The van der Waals surface area contributed by atoms with E-state index in [0.29, 0.717) is 10.9 Å². The molecule has 1 aromatic heterocycles. The van der Waals surface area contributed by atoms with E-state index in [-0.39, 0.29) is 0 Å². The molecule has 0 saturated carbocycles. The van der Waals surface area contributed by atoms with Crippen molar-refractivity contribution in [2.75, 3.05) is 34.8 Å². The van der Waals surface area contributed by atoms with Crippen molar-refractivity contribution in [1.82, 2.24) is 15.2 Å². The fourth-order valence-corrected chi connectivity index (χ4v) is 2.64. The Kier molecular flexibility index (Phi) is 17.6. The summed E-state index contributed by atoms with van der Waals surface area (Å²) >= 11 is 1.40. The van der Waals surface area contributed by atoms with Crippen LogP contribution in [0, 0.1) is 6.92 Å². The van der Waals surface area contributed by atoms with E-state index in [1.54, 1.807) is 7.11 Å². The van der Waals surface area contributed by atoms with Crippen molar-refractivity contribution in [3.05, 3.63) is 34.8 Å². The molecule has 1 N–H and O–H groups in total. The van der Waals surface area contributed by atoms with Gasteiger partial charge in [0.25, 0.3) is 0 Å². The van der Waals surface area contributed by atoms with E-state index in [1.165, 1.54) is 11.3 Å². The Balaban J connectivity index is 0. The molecule has 0 amide bonds. The molecule has 0 bridgehead atoms. The summed E-state index contributed by atoms with van der Waals surface area (Å²) in [6.45, 7) is 13.6. The molecular weight excluding hydrogens is 370 g/mol. The molecule has 5 nitrogen and oxygen atoms in total. The van der Waals surface area contributed by atoms with Crippen LogP contribution in [0.4, 0.5) is 0 Å². The third-order valence-corrected chi connectivity index (χ3v) is 4.77.